The van der Waals surface area contributed by atoms with Crippen molar-refractivity contribution in [3.05, 3.63) is 0 Å². The van der Waals surface area contributed by atoms with Gasteiger partial charge in [0.05, 0.1) is 12.2 Å². The van der Waals surface area contributed by atoms with Gasteiger partial charge in [0.2, 0.25) is 0 Å². The molecule has 0 spiro atoms. The Morgan fingerprint density at radius 3 is 2.00 bits per heavy atom. The van der Waals surface area contributed by atoms with E-state index in [-0.39, 0.29) is 5.54 Å². The highest BCUT2D eigenvalue weighted by atomic mass is 16.5. The summed E-state index contributed by atoms with van der Waals surface area (Å²) in [6.45, 7) is 11.6. The Hall–Kier alpha value is -0.120. The van der Waals surface area contributed by atoms with E-state index in [2.05, 4.69) is 32.6 Å². The van der Waals surface area contributed by atoms with Crippen molar-refractivity contribution < 1.29 is 4.74 Å². The largest absolute Gasteiger partial charge is 0.375 e. The van der Waals surface area contributed by atoms with Gasteiger partial charge in [-0.3, -0.25) is 4.90 Å². The summed E-state index contributed by atoms with van der Waals surface area (Å²) >= 11 is 0. The zero-order valence-corrected chi connectivity index (χ0v) is 10.6. The third kappa shape index (κ3) is 2.71. The Morgan fingerprint density at radius 1 is 1.20 bits per heavy atom. The van der Waals surface area contributed by atoms with Gasteiger partial charge >= 0.3 is 0 Å². The maximum absolute atomic E-state index is 6.02. The Labute approximate surface area is 94.0 Å². The monoisotopic (exact) mass is 214 g/mol. The van der Waals surface area contributed by atoms with Gasteiger partial charge in [-0.05, 0) is 39.8 Å². The van der Waals surface area contributed by atoms with Crippen LogP contribution in [-0.4, -0.2) is 42.3 Å². The number of nitrogens with zero attached hydrogens (tertiary/aromatic N) is 1. The Bertz CT molecular complexity index is 182. The van der Waals surface area contributed by atoms with Crippen LogP contribution in [0.4, 0.5) is 0 Å². The molecule has 0 saturated carbocycles. The SMILES string of the molecule is CCN(CC)C1(CN)CC(C)OC(C)C1. The number of rotatable bonds is 4. The van der Waals surface area contributed by atoms with Gasteiger partial charge in [0.25, 0.3) is 0 Å². The third-order valence-corrected chi connectivity index (χ3v) is 3.61. The van der Waals surface area contributed by atoms with Gasteiger partial charge in [-0.15, -0.1) is 0 Å². The van der Waals surface area contributed by atoms with E-state index in [1.54, 1.807) is 0 Å². The molecule has 1 saturated heterocycles. The van der Waals surface area contributed by atoms with Crippen LogP contribution in [-0.2, 0) is 4.74 Å². The van der Waals surface area contributed by atoms with E-state index >= 15 is 0 Å². The molecule has 2 N–H and O–H groups in total. The van der Waals surface area contributed by atoms with E-state index in [0.29, 0.717) is 12.2 Å². The summed E-state index contributed by atoms with van der Waals surface area (Å²) in [6, 6.07) is 0. The number of likely N-dealkylation sites (N-methyl/N-ethyl adjacent to an activating group) is 1. The molecule has 0 amide bonds. The molecule has 1 heterocycles. The fourth-order valence-electron chi connectivity index (χ4n) is 3.09. The smallest absolute Gasteiger partial charge is 0.0568 e. The number of nitrogens with two attached hydrogens (primary N) is 1. The number of hydrogen-bond acceptors (Lipinski definition) is 3. The van der Waals surface area contributed by atoms with Crippen LogP contribution < -0.4 is 5.73 Å². The molecule has 3 heteroatoms. The molecule has 2 unspecified atom stereocenters. The van der Waals surface area contributed by atoms with Crippen molar-refractivity contribution >= 4 is 0 Å². The van der Waals surface area contributed by atoms with Crippen LogP contribution in [0.5, 0.6) is 0 Å². The lowest BCUT2D eigenvalue weighted by Gasteiger charge is -2.49. The first kappa shape index (κ1) is 12.9. The van der Waals surface area contributed by atoms with Crippen molar-refractivity contribution in [3.63, 3.8) is 0 Å². The minimum atomic E-state index is 0.167. The van der Waals surface area contributed by atoms with E-state index in [0.717, 1.165) is 32.5 Å². The predicted octanol–water partition coefficient (Wildman–Crippen LogP) is 1.61. The molecule has 2 atom stereocenters. The fourth-order valence-corrected chi connectivity index (χ4v) is 3.09. The topological polar surface area (TPSA) is 38.5 Å². The van der Waals surface area contributed by atoms with Crippen molar-refractivity contribution in [3.8, 4) is 0 Å². The molecule has 0 aliphatic carbocycles. The first-order chi connectivity index (χ1) is 7.07. The lowest BCUT2D eigenvalue weighted by Crippen LogP contribution is -2.59. The highest BCUT2D eigenvalue weighted by molar-refractivity contribution is 4.97. The van der Waals surface area contributed by atoms with Gasteiger partial charge in [-0.1, -0.05) is 13.8 Å². The van der Waals surface area contributed by atoms with E-state index in [1.807, 2.05) is 0 Å². The van der Waals surface area contributed by atoms with E-state index in [1.165, 1.54) is 0 Å². The first-order valence-electron chi connectivity index (χ1n) is 6.18. The molecule has 90 valence electrons. The third-order valence-electron chi connectivity index (χ3n) is 3.61. The minimum absolute atomic E-state index is 0.167. The van der Waals surface area contributed by atoms with Gasteiger partial charge < -0.3 is 10.5 Å². The second-order valence-corrected chi connectivity index (χ2v) is 4.77. The van der Waals surface area contributed by atoms with Crippen LogP contribution in [0.3, 0.4) is 0 Å². The zero-order chi connectivity index (χ0) is 11.5. The first-order valence-corrected chi connectivity index (χ1v) is 6.18. The van der Waals surface area contributed by atoms with Crippen molar-refractivity contribution in [1.29, 1.82) is 0 Å². The van der Waals surface area contributed by atoms with Gasteiger partial charge in [0.1, 0.15) is 0 Å². The second kappa shape index (κ2) is 5.28. The maximum Gasteiger partial charge on any atom is 0.0568 e. The Balaban J connectivity index is 2.81. The van der Waals surface area contributed by atoms with Gasteiger partial charge in [0.15, 0.2) is 0 Å². The molecule has 0 aromatic heterocycles. The molecule has 1 fully saturated rings. The van der Waals surface area contributed by atoms with Crippen molar-refractivity contribution in [2.75, 3.05) is 19.6 Å². The quantitative estimate of drug-likeness (QED) is 0.773. The molecule has 3 nitrogen and oxygen atoms in total. The summed E-state index contributed by atoms with van der Waals surface area (Å²) in [5.74, 6) is 0. The standard InChI is InChI=1S/C12H26N2O/c1-5-14(6-2)12(9-13)7-10(3)15-11(4)8-12/h10-11H,5-9,13H2,1-4H3. The Morgan fingerprint density at radius 2 is 1.67 bits per heavy atom. The molecule has 0 radical (unpaired) electrons. The highest BCUT2D eigenvalue weighted by Crippen LogP contribution is 2.33. The van der Waals surface area contributed by atoms with Crippen LogP contribution in [0, 0.1) is 0 Å². The van der Waals surface area contributed by atoms with Crippen LogP contribution >= 0.6 is 0 Å². The van der Waals surface area contributed by atoms with Crippen LogP contribution in [0.15, 0.2) is 0 Å². The summed E-state index contributed by atoms with van der Waals surface area (Å²) in [4.78, 5) is 2.50. The summed E-state index contributed by atoms with van der Waals surface area (Å²) in [5, 5.41) is 0. The number of ether oxygens (including phenoxy) is 1. The molecule has 0 aromatic carbocycles. The van der Waals surface area contributed by atoms with E-state index < -0.39 is 0 Å². The molecule has 1 aliphatic rings. The second-order valence-electron chi connectivity index (χ2n) is 4.77. The lowest BCUT2D eigenvalue weighted by atomic mass is 9.82. The van der Waals surface area contributed by atoms with E-state index in [4.69, 9.17) is 10.5 Å². The van der Waals surface area contributed by atoms with Crippen LogP contribution in [0.1, 0.15) is 40.5 Å². The number of hydrogen-bond donors (Lipinski definition) is 1. The summed E-state index contributed by atoms with van der Waals surface area (Å²) in [5.41, 5.74) is 6.18. The highest BCUT2D eigenvalue weighted by Gasteiger charge is 2.40. The molecule has 1 aliphatic heterocycles. The summed E-state index contributed by atoms with van der Waals surface area (Å²) in [6.07, 6.45) is 2.79. The molecule has 15 heavy (non-hydrogen) atoms. The van der Waals surface area contributed by atoms with Gasteiger partial charge in [-0.2, -0.15) is 0 Å². The van der Waals surface area contributed by atoms with Crippen LogP contribution in [0.2, 0.25) is 0 Å². The average Bonchev–Trinajstić information content (AvgIpc) is 2.18. The van der Waals surface area contributed by atoms with E-state index in [9.17, 15) is 0 Å². The molecule has 0 aromatic rings. The van der Waals surface area contributed by atoms with Crippen LogP contribution in [0.25, 0.3) is 0 Å². The van der Waals surface area contributed by atoms with Gasteiger partial charge in [-0.25, -0.2) is 0 Å². The molecule has 1 rings (SSSR count). The Kier molecular flexibility index (Phi) is 4.56. The molecule has 0 bridgehead atoms. The fraction of sp³-hybridized carbons (Fsp3) is 1.00. The lowest BCUT2D eigenvalue weighted by molar-refractivity contribution is -0.101. The maximum atomic E-state index is 6.02. The van der Waals surface area contributed by atoms with Gasteiger partial charge in [0, 0.05) is 12.1 Å². The average molecular weight is 214 g/mol. The molecular formula is C12H26N2O. The predicted molar refractivity (Wildman–Crippen MR) is 63.9 cm³/mol. The summed E-state index contributed by atoms with van der Waals surface area (Å²) in [7, 11) is 0. The zero-order valence-electron chi connectivity index (χ0n) is 10.6. The summed E-state index contributed by atoms with van der Waals surface area (Å²) < 4.78 is 5.80. The normalized spacial score (nSPS) is 37.2. The van der Waals surface area contributed by atoms with Crippen molar-refractivity contribution in [1.82, 2.24) is 4.90 Å². The van der Waals surface area contributed by atoms with Crippen molar-refractivity contribution in [2.45, 2.75) is 58.3 Å². The molecular weight excluding hydrogens is 188 g/mol. The van der Waals surface area contributed by atoms with Crippen molar-refractivity contribution in [2.24, 2.45) is 5.73 Å². The minimum Gasteiger partial charge on any atom is -0.375 e.